The first-order valence-electron chi connectivity index (χ1n) is 13.0. The van der Waals surface area contributed by atoms with E-state index in [1.54, 1.807) is 12.3 Å². The van der Waals surface area contributed by atoms with Gasteiger partial charge in [-0.1, -0.05) is 29.8 Å². The number of rotatable bonds is 11. The molecule has 40 heavy (non-hydrogen) atoms. The molecule has 0 bridgehead atoms. The van der Waals surface area contributed by atoms with Gasteiger partial charge in [-0.3, -0.25) is 4.79 Å². The van der Waals surface area contributed by atoms with Gasteiger partial charge in [-0.25, -0.2) is 15.0 Å². The van der Waals surface area contributed by atoms with Gasteiger partial charge in [0.1, 0.15) is 17.0 Å². The fourth-order valence-corrected chi connectivity index (χ4v) is 5.62. The molecule has 10 nitrogen and oxygen atoms in total. The van der Waals surface area contributed by atoms with Crippen LogP contribution >= 0.6 is 23.2 Å². The number of nitrogens with one attached hydrogen (secondary N) is 2. The van der Waals surface area contributed by atoms with E-state index in [4.69, 9.17) is 52.1 Å². The van der Waals surface area contributed by atoms with E-state index in [2.05, 4.69) is 22.2 Å². The lowest BCUT2D eigenvalue weighted by molar-refractivity contribution is -0.115. The Morgan fingerprint density at radius 3 is 2.58 bits per heavy atom. The van der Waals surface area contributed by atoms with Crippen molar-refractivity contribution in [2.24, 2.45) is 11.8 Å². The second-order valence-corrected chi connectivity index (χ2v) is 10.6. The molecule has 1 aromatic carbocycles. The summed E-state index contributed by atoms with van der Waals surface area (Å²) in [5.74, 6) is 2.13. The number of allylic oxidation sites excluding steroid dienone is 1. The molecule has 3 aromatic rings. The van der Waals surface area contributed by atoms with E-state index in [-0.39, 0.29) is 17.7 Å². The minimum absolute atomic E-state index is 0.00224. The summed E-state index contributed by atoms with van der Waals surface area (Å²) in [5, 5.41) is 8.17. The zero-order valence-electron chi connectivity index (χ0n) is 22.3. The number of nitrogens with zero attached hydrogens (tertiary/aromatic N) is 3. The van der Waals surface area contributed by atoms with Crippen LogP contribution in [0, 0.1) is 11.8 Å². The Kier molecular flexibility index (Phi) is 8.90. The first-order valence-corrected chi connectivity index (χ1v) is 13.8. The van der Waals surface area contributed by atoms with Crippen LogP contribution in [0.3, 0.4) is 0 Å². The smallest absolute Gasteiger partial charge is 0.223 e. The van der Waals surface area contributed by atoms with E-state index >= 15 is 0 Å². The van der Waals surface area contributed by atoms with Gasteiger partial charge >= 0.3 is 0 Å². The molecular formula is C28H31Cl2N5O5. The molecule has 2 N–H and O–H groups in total. The Hall–Kier alpha value is -3.18. The largest absolute Gasteiger partial charge is 0.495 e. The van der Waals surface area contributed by atoms with Crippen molar-refractivity contribution in [3.63, 3.8) is 0 Å². The predicted octanol–water partition coefficient (Wildman–Crippen LogP) is 5.04. The van der Waals surface area contributed by atoms with Gasteiger partial charge < -0.3 is 29.6 Å². The van der Waals surface area contributed by atoms with Gasteiger partial charge in [0.25, 0.3) is 0 Å². The Balaban J connectivity index is 1.54. The van der Waals surface area contributed by atoms with Crippen molar-refractivity contribution in [1.29, 1.82) is 0 Å². The first kappa shape index (κ1) is 28.4. The summed E-state index contributed by atoms with van der Waals surface area (Å²) >= 11 is 13.4. The highest BCUT2D eigenvalue weighted by molar-refractivity contribution is 6.41. The SMILES string of the molecule is C=CC(=O)C[C@H]1COC[C@H]1Nc1ncc2cc(-c3c(Cl)c(OC)cc(OC)c3Cl)nc(NCC3CCOC3)c2n1. The summed E-state index contributed by atoms with van der Waals surface area (Å²) in [6.45, 7) is 6.59. The van der Waals surface area contributed by atoms with E-state index in [1.165, 1.54) is 20.3 Å². The van der Waals surface area contributed by atoms with Gasteiger partial charge in [0, 0.05) is 54.6 Å². The molecule has 3 atom stereocenters. The molecule has 5 rings (SSSR count). The Bertz CT molecular complexity index is 1390. The van der Waals surface area contributed by atoms with Crippen LogP contribution in [0.25, 0.3) is 22.2 Å². The molecule has 12 heteroatoms. The number of ether oxygens (including phenoxy) is 4. The number of benzene rings is 1. The number of aromatic nitrogens is 3. The highest BCUT2D eigenvalue weighted by Gasteiger charge is 2.30. The third-order valence-electron chi connectivity index (χ3n) is 7.18. The predicted molar refractivity (Wildman–Crippen MR) is 155 cm³/mol. The Morgan fingerprint density at radius 2 is 1.90 bits per heavy atom. The van der Waals surface area contributed by atoms with Crippen LogP contribution in [-0.2, 0) is 14.3 Å². The van der Waals surface area contributed by atoms with Crippen molar-refractivity contribution >= 4 is 51.7 Å². The summed E-state index contributed by atoms with van der Waals surface area (Å²) in [6, 6.07) is 3.36. The number of pyridine rings is 1. The number of ketones is 1. The number of hydrogen-bond acceptors (Lipinski definition) is 10. The fraction of sp³-hybridized carbons (Fsp3) is 0.429. The molecule has 4 heterocycles. The monoisotopic (exact) mass is 587 g/mol. The topological polar surface area (TPSA) is 117 Å². The zero-order valence-corrected chi connectivity index (χ0v) is 23.8. The average Bonchev–Trinajstić information content (AvgIpc) is 3.64. The first-order chi connectivity index (χ1) is 19.4. The third-order valence-corrected chi connectivity index (χ3v) is 7.93. The number of halogens is 2. The van der Waals surface area contributed by atoms with Crippen LogP contribution in [0.5, 0.6) is 11.5 Å². The van der Waals surface area contributed by atoms with Crippen molar-refractivity contribution in [2.75, 3.05) is 57.8 Å². The summed E-state index contributed by atoms with van der Waals surface area (Å²) in [7, 11) is 3.05. The maximum atomic E-state index is 12.0. The lowest BCUT2D eigenvalue weighted by Crippen LogP contribution is -2.30. The number of anilines is 2. The summed E-state index contributed by atoms with van der Waals surface area (Å²) in [5.41, 5.74) is 1.62. The minimum atomic E-state index is -0.109. The second-order valence-electron chi connectivity index (χ2n) is 9.81. The van der Waals surface area contributed by atoms with Crippen LogP contribution in [-0.4, -0.2) is 74.0 Å². The normalized spacial score (nSPS) is 20.4. The molecule has 0 amide bonds. The molecule has 1 unspecified atom stereocenters. The van der Waals surface area contributed by atoms with E-state index in [1.807, 2.05) is 6.07 Å². The molecule has 0 spiro atoms. The molecule has 212 valence electrons. The molecule has 0 radical (unpaired) electrons. The van der Waals surface area contributed by atoms with Crippen LogP contribution in [0.4, 0.5) is 11.8 Å². The van der Waals surface area contributed by atoms with Crippen molar-refractivity contribution in [3.8, 4) is 22.8 Å². The van der Waals surface area contributed by atoms with Crippen molar-refractivity contribution < 1.29 is 23.7 Å². The number of carbonyl (C=O) groups excluding carboxylic acids is 1. The Morgan fingerprint density at radius 1 is 1.12 bits per heavy atom. The summed E-state index contributed by atoms with van der Waals surface area (Å²) in [6.07, 6.45) is 4.37. The summed E-state index contributed by atoms with van der Waals surface area (Å²) in [4.78, 5) is 26.2. The molecule has 2 aromatic heterocycles. The number of fused-ring (bicyclic) bond motifs is 1. The molecular weight excluding hydrogens is 557 g/mol. The molecule has 2 aliphatic rings. The molecule has 0 aliphatic carbocycles. The van der Waals surface area contributed by atoms with Gasteiger partial charge in [-0.2, -0.15) is 0 Å². The molecule has 0 saturated carbocycles. The lowest BCUT2D eigenvalue weighted by Gasteiger charge is -2.19. The van der Waals surface area contributed by atoms with Gasteiger partial charge in [0.2, 0.25) is 5.95 Å². The van der Waals surface area contributed by atoms with Gasteiger partial charge in [0.15, 0.2) is 11.6 Å². The maximum Gasteiger partial charge on any atom is 0.223 e. The highest BCUT2D eigenvalue weighted by atomic mass is 35.5. The standard InChI is InChI=1S/C28H31Cl2N5O5/c1-4-18(36)7-17-13-40-14-20(17)34-28-32-11-16-8-19(23-24(29)21(37-2)9-22(38-3)25(23)30)33-27(26(16)35-28)31-10-15-5-6-39-12-15/h4,8-9,11,15,17,20H,1,5-7,10,12-14H2,2-3H3,(H,31,33)(H,32,34,35)/t15?,17-,20+/m0/s1. The Labute approximate surface area is 242 Å². The number of hydrogen-bond donors (Lipinski definition) is 2. The van der Waals surface area contributed by atoms with Crippen molar-refractivity contribution in [2.45, 2.75) is 18.9 Å². The quantitative estimate of drug-likeness (QED) is 0.295. The van der Waals surface area contributed by atoms with Gasteiger partial charge in [0.05, 0.1) is 55.8 Å². The van der Waals surface area contributed by atoms with E-state index in [9.17, 15) is 4.79 Å². The maximum absolute atomic E-state index is 12.0. The van der Waals surface area contributed by atoms with E-state index in [0.717, 1.165) is 18.4 Å². The third kappa shape index (κ3) is 5.95. The van der Waals surface area contributed by atoms with Crippen molar-refractivity contribution in [1.82, 2.24) is 15.0 Å². The molecule has 2 fully saturated rings. The van der Waals surface area contributed by atoms with Gasteiger partial charge in [-0.05, 0) is 18.6 Å². The summed E-state index contributed by atoms with van der Waals surface area (Å²) < 4.78 is 22.1. The van der Waals surface area contributed by atoms with Crippen LogP contribution in [0.2, 0.25) is 10.0 Å². The van der Waals surface area contributed by atoms with Crippen LogP contribution in [0.1, 0.15) is 12.8 Å². The minimum Gasteiger partial charge on any atom is -0.495 e. The van der Waals surface area contributed by atoms with E-state index in [0.29, 0.717) is 88.8 Å². The van der Waals surface area contributed by atoms with Gasteiger partial charge in [-0.15, -0.1) is 0 Å². The number of carbonyl (C=O) groups is 1. The highest BCUT2D eigenvalue weighted by Crippen LogP contribution is 2.46. The second kappa shape index (κ2) is 12.6. The lowest BCUT2D eigenvalue weighted by atomic mass is 9.97. The number of methoxy groups -OCH3 is 2. The molecule has 2 saturated heterocycles. The van der Waals surface area contributed by atoms with Crippen molar-refractivity contribution in [3.05, 3.63) is 41.0 Å². The average molecular weight is 588 g/mol. The fourth-order valence-electron chi connectivity index (χ4n) is 4.92. The van der Waals surface area contributed by atoms with Crippen LogP contribution < -0.4 is 20.1 Å². The van der Waals surface area contributed by atoms with E-state index < -0.39 is 0 Å². The van der Waals surface area contributed by atoms with Crippen LogP contribution in [0.15, 0.2) is 31.0 Å². The zero-order chi connectivity index (χ0) is 28.2. The molecule has 2 aliphatic heterocycles.